The number of carbonyl (C=O) groups excluding carboxylic acids is 2. The highest BCUT2D eigenvalue weighted by Gasteiger charge is 2.31. The number of pyridine rings is 1. The van der Waals surface area contributed by atoms with Crippen LogP contribution in [0.5, 0.6) is 0 Å². The summed E-state index contributed by atoms with van der Waals surface area (Å²) in [7, 11) is 0. The van der Waals surface area contributed by atoms with Crippen LogP contribution in [0.3, 0.4) is 0 Å². The van der Waals surface area contributed by atoms with Crippen molar-refractivity contribution in [1.29, 1.82) is 0 Å². The van der Waals surface area contributed by atoms with Gasteiger partial charge in [0.25, 0.3) is 0 Å². The van der Waals surface area contributed by atoms with Crippen LogP contribution in [0.15, 0.2) is 36.5 Å². The van der Waals surface area contributed by atoms with E-state index in [2.05, 4.69) is 4.98 Å². The highest BCUT2D eigenvalue weighted by atomic mass is 16.2. The molecule has 5 nitrogen and oxygen atoms in total. The van der Waals surface area contributed by atoms with Crippen molar-refractivity contribution in [3.05, 3.63) is 42.1 Å². The molecule has 2 fully saturated rings. The Balaban J connectivity index is 1.37. The zero-order valence-electron chi connectivity index (χ0n) is 15.1. The van der Waals surface area contributed by atoms with E-state index in [0.717, 1.165) is 55.2 Å². The van der Waals surface area contributed by atoms with Crippen molar-refractivity contribution in [3.8, 4) is 0 Å². The fourth-order valence-electron chi connectivity index (χ4n) is 4.16. The van der Waals surface area contributed by atoms with Gasteiger partial charge in [0.15, 0.2) is 0 Å². The molecule has 2 amide bonds. The van der Waals surface area contributed by atoms with E-state index >= 15 is 0 Å². The summed E-state index contributed by atoms with van der Waals surface area (Å²) in [4.78, 5) is 33.6. The first kappa shape index (κ1) is 17.0. The SMILES string of the molecule is O=C(Cc1cccc2cccnc12)N1CCC(C(=O)N2CCCC2)CC1. The lowest BCUT2D eigenvalue weighted by atomic mass is 9.94. The molecule has 0 aliphatic carbocycles. The average molecular weight is 351 g/mol. The van der Waals surface area contributed by atoms with Crippen molar-refractivity contribution >= 4 is 22.7 Å². The minimum absolute atomic E-state index is 0.0939. The average Bonchev–Trinajstić information content (AvgIpc) is 3.23. The van der Waals surface area contributed by atoms with Crippen LogP contribution in [-0.2, 0) is 16.0 Å². The van der Waals surface area contributed by atoms with Crippen LogP contribution >= 0.6 is 0 Å². The second kappa shape index (κ2) is 7.44. The molecule has 2 aliphatic heterocycles. The molecule has 1 aromatic carbocycles. The van der Waals surface area contributed by atoms with Crippen molar-refractivity contribution in [3.63, 3.8) is 0 Å². The number of carbonyl (C=O) groups is 2. The number of fused-ring (bicyclic) bond motifs is 1. The Kier molecular flexibility index (Phi) is 4.87. The summed E-state index contributed by atoms with van der Waals surface area (Å²) in [6.45, 7) is 3.18. The van der Waals surface area contributed by atoms with Crippen LogP contribution in [0.4, 0.5) is 0 Å². The van der Waals surface area contributed by atoms with E-state index in [4.69, 9.17) is 0 Å². The Morgan fingerprint density at radius 1 is 0.962 bits per heavy atom. The van der Waals surface area contributed by atoms with Gasteiger partial charge in [-0.05, 0) is 37.3 Å². The van der Waals surface area contributed by atoms with E-state index in [9.17, 15) is 9.59 Å². The summed E-state index contributed by atoms with van der Waals surface area (Å²) in [5.74, 6) is 0.527. The molecule has 0 spiro atoms. The quantitative estimate of drug-likeness (QED) is 0.854. The number of benzene rings is 1. The Hall–Kier alpha value is -2.43. The second-order valence-electron chi connectivity index (χ2n) is 7.36. The monoisotopic (exact) mass is 351 g/mol. The van der Waals surface area contributed by atoms with Gasteiger partial charge in [0.2, 0.25) is 11.8 Å². The molecule has 0 N–H and O–H groups in total. The summed E-state index contributed by atoms with van der Waals surface area (Å²) in [5.41, 5.74) is 1.88. The Bertz CT molecular complexity index is 801. The molecular formula is C21H25N3O2. The van der Waals surface area contributed by atoms with Gasteiger partial charge in [0, 0.05) is 43.7 Å². The minimum Gasteiger partial charge on any atom is -0.342 e. The number of para-hydroxylation sites is 1. The molecule has 2 saturated heterocycles. The highest BCUT2D eigenvalue weighted by molar-refractivity contribution is 5.88. The zero-order chi connectivity index (χ0) is 17.9. The highest BCUT2D eigenvalue weighted by Crippen LogP contribution is 2.23. The van der Waals surface area contributed by atoms with Gasteiger partial charge in [-0.25, -0.2) is 0 Å². The first-order valence-corrected chi connectivity index (χ1v) is 9.61. The van der Waals surface area contributed by atoms with Gasteiger partial charge < -0.3 is 9.80 Å². The van der Waals surface area contributed by atoms with Crippen molar-refractivity contribution < 1.29 is 9.59 Å². The maximum atomic E-state index is 12.7. The van der Waals surface area contributed by atoms with Crippen LogP contribution in [0.1, 0.15) is 31.2 Å². The number of nitrogens with zero attached hydrogens (tertiary/aromatic N) is 3. The second-order valence-corrected chi connectivity index (χ2v) is 7.36. The molecule has 0 bridgehead atoms. The molecular weight excluding hydrogens is 326 g/mol. The molecule has 5 heteroatoms. The summed E-state index contributed by atoms with van der Waals surface area (Å²) >= 11 is 0. The number of aromatic nitrogens is 1. The van der Waals surface area contributed by atoms with Crippen LogP contribution in [0.25, 0.3) is 10.9 Å². The van der Waals surface area contributed by atoms with E-state index in [1.807, 2.05) is 40.1 Å². The molecule has 4 rings (SSSR count). The van der Waals surface area contributed by atoms with Crippen LogP contribution < -0.4 is 0 Å². The van der Waals surface area contributed by atoms with Crippen molar-refractivity contribution in [2.45, 2.75) is 32.1 Å². The molecule has 26 heavy (non-hydrogen) atoms. The fourth-order valence-corrected chi connectivity index (χ4v) is 4.16. The van der Waals surface area contributed by atoms with Gasteiger partial charge in [-0.2, -0.15) is 0 Å². The third-order valence-electron chi connectivity index (χ3n) is 5.67. The number of rotatable bonds is 3. The van der Waals surface area contributed by atoms with E-state index in [0.29, 0.717) is 25.4 Å². The van der Waals surface area contributed by atoms with Crippen molar-refractivity contribution in [2.75, 3.05) is 26.2 Å². The molecule has 2 aliphatic rings. The standard InChI is InChI=1S/C21H25N3O2/c25-19(15-18-6-3-5-16-7-4-10-22-20(16)18)23-13-8-17(9-14-23)21(26)24-11-1-2-12-24/h3-7,10,17H,1-2,8-9,11-15H2. The fraction of sp³-hybridized carbons (Fsp3) is 0.476. The zero-order valence-corrected chi connectivity index (χ0v) is 15.1. The predicted octanol–water partition coefficient (Wildman–Crippen LogP) is 2.64. The largest absolute Gasteiger partial charge is 0.342 e. The summed E-state index contributed by atoms with van der Waals surface area (Å²) in [6.07, 6.45) is 5.97. The van der Waals surface area contributed by atoms with Crippen molar-refractivity contribution in [1.82, 2.24) is 14.8 Å². The number of likely N-dealkylation sites (tertiary alicyclic amines) is 2. The number of piperidine rings is 1. The topological polar surface area (TPSA) is 53.5 Å². The molecule has 2 aromatic rings. The van der Waals surface area contributed by atoms with Crippen LogP contribution in [0.2, 0.25) is 0 Å². The lowest BCUT2D eigenvalue weighted by Crippen LogP contribution is -2.44. The van der Waals surface area contributed by atoms with Gasteiger partial charge in [0.05, 0.1) is 11.9 Å². The molecule has 0 unspecified atom stereocenters. The maximum absolute atomic E-state index is 12.7. The third kappa shape index (κ3) is 3.43. The first-order chi connectivity index (χ1) is 12.7. The Labute approximate surface area is 154 Å². The predicted molar refractivity (Wildman–Crippen MR) is 101 cm³/mol. The van der Waals surface area contributed by atoms with E-state index in [1.165, 1.54) is 0 Å². The molecule has 0 saturated carbocycles. The number of hydrogen-bond donors (Lipinski definition) is 0. The van der Waals surface area contributed by atoms with Gasteiger partial charge in [-0.15, -0.1) is 0 Å². The van der Waals surface area contributed by atoms with Crippen LogP contribution in [0, 0.1) is 5.92 Å². The van der Waals surface area contributed by atoms with Gasteiger partial charge in [-0.1, -0.05) is 24.3 Å². The molecule has 1 aromatic heterocycles. The van der Waals surface area contributed by atoms with Gasteiger partial charge in [-0.3, -0.25) is 14.6 Å². The summed E-state index contributed by atoms with van der Waals surface area (Å²) in [5, 5.41) is 1.06. The molecule has 136 valence electrons. The Morgan fingerprint density at radius 3 is 2.46 bits per heavy atom. The molecule has 0 radical (unpaired) electrons. The van der Waals surface area contributed by atoms with Gasteiger partial charge in [0.1, 0.15) is 0 Å². The lowest BCUT2D eigenvalue weighted by Gasteiger charge is -2.33. The normalized spacial score (nSPS) is 18.5. The number of hydrogen-bond acceptors (Lipinski definition) is 3. The third-order valence-corrected chi connectivity index (χ3v) is 5.67. The smallest absolute Gasteiger partial charge is 0.227 e. The van der Waals surface area contributed by atoms with E-state index in [-0.39, 0.29) is 11.8 Å². The minimum atomic E-state index is 0.0939. The van der Waals surface area contributed by atoms with Gasteiger partial charge >= 0.3 is 0 Å². The lowest BCUT2D eigenvalue weighted by molar-refractivity contribution is -0.139. The molecule has 3 heterocycles. The van der Waals surface area contributed by atoms with E-state index in [1.54, 1.807) is 6.20 Å². The summed E-state index contributed by atoms with van der Waals surface area (Å²) < 4.78 is 0. The molecule has 0 atom stereocenters. The van der Waals surface area contributed by atoms with Crippen molar-refractivity contribution in [2.24, 2.45) is 5.92 Å². The number of amides is 2. The first-order valence-electron chi connectivity index (χ1n) is 9.61. The maximum Gasteiger partial charge on any atom is 0.227 e. The summed E-state index contributed by atoms with van der Waals surface area (Å²) in [6, 6.07) is 9.91. The Morgan fingerprint density at radius 2 is 1.69 bits per heavy atom. The van der Waals surface area contributed by atoms with E-state index < -0.39 is 0 Å². The van der Waals surface area contributed by atoms with Crippen LogP contribution in [-0.4, -0.2) is 52.8 Å².